The fraction of sp³-hybridized carbons (Fsp3) is 0.250. The molecule has 3 aromatic rings. The molecule has 0 amide bonds. The standard InChI is InChI=1S/C24H22FN3O2/c1-14-21-22(15-6-12-18(30-2)13-7-15)23-19(4-3-5-20(23)29)26-24(21)28(27-14)17-10-8-16(25)9-11-17/h6-13,22,26H,3-5H2,1-2H3/t22-/m1/s1. The van der Waals surface area contributed by atoms with Gasteiger partial charge in [0.05, 0.1) is 18.5 Å². The molecule has 30 heavy (non-hydrogen) atoms. The van der Waals surface area contributed by atoms with Crippen molar-refractivity contribution in [3.63, 3.8) is 0 Å². The molecule has 5 nitrogen and oxygen atoms in total. The lowest BCUT2D eigenvalue weighted by atomic mass is 9.76. The SMILES string of the molecule is COc1ccc([C@H]2C3=C(CCCC3=O)Nc3c2c(C)nn3-c2ccc(F)cc2)cc1. The van der Waals surface area contributed by atoms with Crippen LogP contribution in [0.2, 0.25) is 0 Å². The van der Waals surface area contributed by atoms with Crippen LogP contribution in [0.15, 0.2) is 59.8 Å². The number of ketones is 1. The zero-order valence-electron chi connectivity index (χ0n) is 16.9. The van der Waals surface area contributed by atoms with E-state index in [1.165, 1.54) is 12.1 Å². The number of hydrogen-bond donors (Lipinski definition) is 1. The van der Waals surface area contributed by atoms with Crippen LogP contribution in [0.1, 0.15) is 42.0 Å². The van der Waals surface area contributed by atoms with Crippen molar-refractivity contribution in [2.45, 2.75) is 32.1 Å². The minimum absolute atomic E-state index is 0.184. The average Bonchev–Trinajstić information content (AvgIpc) is 3.09. The third-order valence-electron chi connectivity index (χ3n) is 5.93. The van der Waals surface area contributed by atoms with E-state index in [2.05, 4.69) is 5.32 Å². The van der Waals surface area contributed by atoms with Gasteiger partial charge >= 0.3 is 0 Å². The van der Waals surface area contributed by atoms with Crippen LogP contribution in [0.3, 0.4) is 0 Å². The van der Waals surface area contributed by atoms with Gasteiger partial charge in [0.25, 0.3) is 0 Å². The van der Waals surface area contributed by atoms with Crippen molar-refractivity contribution in [2.75, 3.05) is 12.4 Å². The average molecular weight is 403 g/mol. The molecule has 0 spiro atoms. The maximum atomic E-state index is 13.5. The maximum absolute atomic E-state index is 13.5. The van der Waals surface area contributed by atoms with E-state index in [4.69, 9.17) is 9.84 Å². The maximum Gasteiger partial charge on any atom is 0.161 e. The Labute approximate surface area is 174 Å². The second-order valence-electron chi connectivity index (χ2n) is 7.74. The Hall–Kier alpha value is -3.41. The number of hydrogen-bond acceptors (Lipinski definition) is 4. The summed E-state index contributed by atoms with van der Waals surface area (Å²) in [6.45, 7) is 1.95. The van der Waals surface area contributed by atoms with E-state index in [1.54, 1.807) is 19.2 Å². The summed E-state index contributed by atoms with van der Waals surface area (Å²) in [5.41, 5.74) is 5.42. The van der Waals surface area contributed by atoms with Crippen LogP contribution >= 0.6 is 0 Å². The highest BCUT2D eigenvalue weighted by molar-refractivity contribution is 6.01. The van der Waals surface area contributed by atoms with E-state index in [0.717, 1.165) is 58.2 Å². The highest BCUT2D eigenvalue weighted by atomic mass is 19.1. The number of halogens is 1. The fourth-order valence-corrected chi connectivity index (χ4v) is 4.52. The molecule has 1 atom stereocenters. The van der Waals surface area contributed by atoms with Crippen LogP contribution in [0.5, 0.6) is 5.75 Å². The van der Waals surface area contributed by atoms with Crippen molar-refractivity contribution in [1.82, 2.24) is 9.78 Å². The van der Waals surface area contributed by atoms with Gasteiger partial charge in [-0.1, -0.05) is 12.1 Å². The van der Waals surface area contributed by atoms with Crippen molar-refractivity contribution >= 4 is 11.6 Å². The first-order valence-corrected chi connectivity index (χ1v) is 10.1. The minimum Gasteiger partial charge on any atom is -0.497 e. The second kappa shape index (κ2) is 7.13. The molecule has 1 aromatic heterocycles. The van der Waals surface area contributed by atoms with Crippen molar-refractivity contribution in [3.05, 3.63) is 82.4 Å². The normalized spacial score (nSPS) is 18.0. The number of carbonyl (C=O) groups is 1. The Morgan fingerprint density at radius 1 is 1.10 bits per heavy atom. The summed E-state index contributed by atoms with van der Waals surface area (Å²) in [5, 5.41) is 8.25. The number of ether oxygens (including phenoxy) is 1. The zero-order valence-corrected chi connectivity index (χ0v) is 16.9. The summed E-state index contributed by atoms with van der Waals surface area (Å²) < 4.78 is 20.6. The lowest BCUT2D eigenvalue weighted by Crippen LogP contribution is -2.27. The van der Waals surface area contributed by atoms with Gasteiger partial charge in [0.15, 0.2) is 5.78 Å². The number of Topliss-reactive ketones (excluding diaryl/α,β-unsaturated/α-hetero) is 1. The van der Waals surface area contributed by atoms with Gasteiger partial charge in [-0.25, -0.2) is 9.07 Å². The van der Waals surface area contributed by atoms with Gasteiger partial charge in [-0.3, -0.25) is 4.79 Å². The summed E-state index contributed by atoms with van der Waals surface area (Å²) in [5.74, 6) is 1.32. The number of fused-ring (bicyclic) bond motifs is 1. The first-order valence-electron chi connectivity index (χ1n) is 10.1. The lowest BCUT2D eigenvalue weighted by Gasteiger charge is -2.33. The van der Waals surface area contributed by atoms with Gasteiger partial charge in [-0.15, -0.1) is 0 Å². The number of allylic oxidation sites excluding steroid dienone is 2. The monoisotopic (exact) mass is 403 g/mol. The molecule has 0 bridgehead atoms. The fourth-order valence-electron chi connectivity index (χ4n) is 4.52. The Morgan fingerprint density at radius 2 is 1.83 bits per heavy atom. The molecule has 0 unspecified atom stereocenters. The molecule has 1 aliphatic heterocycles. The van der Waals surface area contributed by atoms with E-state index in [9.17, 15) is 9.18 Å². The lowest BCUT2D eigenvalue weighted by molar-refractivity contribution is -0.116. The van der Waals surface area contributed by atoms with Gasteiger partial charge in [0.1, 0.15) is 17.4 Å². The van der Waals surface area contributed by atoms with E-state index in [1.807, 2.05) is 35.9 Å². The molecule has 2 heterocycles. The molecular formula is C24H22FN3O2. The molecule has 5 rings (SSSR count). The first-order chi connectivity index (χ1) is 14.6. The summed E-state index contributed by atoms with van der Waals surface area (Å²) in [6, 6.07) is 14.1. The first kappa shape index (κ1) is 18.6. The number of aryl methyl sites for hydroxylation is 1. The number of rotatable bonds is 3. The summed E-state index contributed by atoms with van der Waals surface area (Å²) in [6.07, 6.45) is 2.22. The molecule has 0 radical (unpaired) electrons. The topological polar surface area (TPSA) is 56.1 Å². The Bertz CT molecular complexity index is 1160. The number of nitrogens with zero attached hydrogens (tertiary/aromatic N) is 2. The van der Waals surface area contributed by atoms with Gasteiger partial charge in [-0.2, -0.15) is 5.10 Å². The largest absolute Gasteiger partial charge is 0.497 e. The Kier molecular flexibility index (Phi) is 4.42. The molecule has 2 aliphatic rings. The predicted octanol–water partition coefficient (Wildman–Crippen LogP) is 4.89. The number of methoxy groups -OCH3 is 1. The molecule has 0 saturated heterocycles. The van der Waals surface area contributed by atoms with Gasteiger partial charge < -0.3 is 10.1 Å². The smallest absolute Gasteiger partial charge is 0.161 e. The van der Waals surface area contributed by atoms with Crippen LogP contribution in [-0.2, 0) is 4.79 Å². The Balaban J connectivity index is 1.71. The van der Waals surface area contributed by atoms with Crippen molar-refractivity contribution in [1.29, 1.82) is 0 Å². The predicted molar refractivity (Wildman–Crippen MR) is 113 cm³/mol. The minimum atomic E-state index is -0.288. The number of benzene rings is 2. The van der Waals surface area contributed by atoms with Crippen molar-refractivity contribution in [2.24, 2.45) is 0 Å². The third-order valence-corrected chi connectivity index (χ3v) is 5.93. The van der Waals surface area contributed by atoms with Crippen molar-refractivity contribution < 1.29 is 13.9 Å². The highest BCUT2D eigenvalue weighted by Gasteiger charge is 2.38. The van der Waals surface area contributed by atoms with Crippen LogP contribution < -0.4 is 10.1 Å². The molecular weight excluding hydrogens is 381 g/mol. The molecule has 1 aliphatic carbocycles. The van der Waals surface area contributed by atoms with E-state index >= 15 is 0 Å². The van der Waals surface area contributed by atoms with Crippen LogP contribution in [-0.4, -0.2) is 22.7 Å². The van der Waals surface area contributed by atoms with E-state index in [-0.39, 0.29) is 17.5 Å². The molecule has 0 saturated carbocycles. The quantitative estimate of drug-likeness (QED) is 0.676. The molecule has 152 valence electrons. The Morgan fingerprint density at radius 3 is 2.53 bits per heavy atom. The third kappa shape index (κ3) is 2.91. The number of carbonyl (C=O) groups excluding carboxylic acids is 1. The number of aromatic nitrogens is 2. The molecule has 2 aromatic carbocycles. The number of nitrogens with one attached hydrogen (secondary N) is 1. The van der Waals surface area contributed by atoms with Crippen molar-refractivity contribution in [3.8, 4) is 11.4 Å². The molecule has 6 heteroatoms. The van der Waals surface area contributed by atoms with E-state index in [0.29, 0.717) is 6.42 Å². The zero-order chi connectivity index (χ0) is 20.8. The summed E-state index contributed by atoms with van der Waals surface area (Å²) >= 11 is 0. The summed E-state index contributed by atoms with van der Waals surface area (Å²) in [7, 11) is 1.64. The number of anilines is 1. The van der Waals surface area contributed by atoms with Gasteiger partial charge in [0.2, 0.25) is 0 Å². The highest BCUT2D eigenvalue weighted by Crippen LogP contribution is 2.47. The van der Waals surface area contributed by atoms with Crippen LogP contribution in [0, 0.1) is 12.7 Å². The molecule has 0 fully saturated rings. The van der Waals surface area contributed by atoms with Crippen LogP contribution in [0.4, 0.5) is 10.2 Å². The van der Waals surface area contributed by atoms with E-state index < -0.39 is 0 Å². The summed E-state index contributed by atoms with van der Waals surface area (Å²) in [4.78, 5) is 13.0. The van der Waals surface area contributed by atoms with Gasteiger partial charge in [0, 0.05) is 29.2 Å². The van der Waals surface area contributed by atoms with Gasteiger partial charge in [-0.05, 0) is 61.7 Å². The second-order valence-corrected chi connectivity index (χ2v) is 7.74. The van der Waals surface area contributed by atoms with Crippen LogP contribution in [0.25, 0.3) is 5.69 Å². The molecule has 1 N–H and O–H groups in total.